The first-order chi connectivity index (χ1) is 11.6. The molecule has 126 valence electrons. The van der Waals surface area contributed by atoms with E-state index in [0.29, 0.717) is 23.1 Å². The molecule has 0 atom stereocenters. The summed E-state index contributed by atoms with van der Waals surface area (Å²) in [5.41, 5.74) is 16.2. The van der Waals surface area contributed by atoms with Crippen molar-refractivity contribution < 1.29 is 0 Å². The number of nitrogens with one attached hydrogen (secondary N) is 1. The molecule has 0 radical (unpaired) electrons. The number of benzene rings is 1. The fraction of sp³-hybridized carbons (Fsp3) is 0.350. The van der Waals surface area contributed by atoms with Gasteiger partial charge in [0, 0.05) is 35.6 Å². The number of nitrogens with zero attached hydrogens (tertiary/aromatic N) is 1. The smallest absolute Gasteiger partial charge is 0.132 e. The van der Waals surface area contributed by atoms with Crippen LogP contribution in [-0.4, -0.2) is 11.0 Å². The normalized spacial score (nSPS) is 15.3. The third-order valence-corrected chi connectivity index (χ3v) is 4.72. The number of nitrogen functional groups attached to an aromatic ring is 1. The Labute approximate surface area is 144 Å². The summed E-state index contributed by atoms with van der Waals surface area (Å²) in [5, 5.41) is 3.69. The molecule has 1 aliphatic rings. The molecular weight excluding hydrogens is 296 g/mol. The van der Waals surface area contributed by atoms with Crippen molar-refractivity contribution in [1.82, 2.24) is 10.3 Å². The minimum absolute atomic E-state index is 0.418. The third-order valence-electron chi connectivity index (χ3n) is 4.72. The van der Waals surface area contributed by atoms with E-state index in [1.165, 1.54) is 37.7 Å². The predicted molar refractivity (Wildman–Crippen MR) is 101 cm³/mol. The monoisotopic (exact) mass is 322 g/mol. The summed E-state index contributed by atoms with van der Waals surface area (Å²) >= 11 is 0. The highest BCUT2D eigenvalue weighted by molar-refractivity contribution is 5.75. The lowest BCUT2D eigenvalue weighted by Gasteiger charge is -2.23. The van der Waals surface area contributed by atoms with Gasteiger partial charge in [0.2, 0.25) is 0 Å². The zero-order chi connectivity index (χ0) is 16.9. The molecule has 0 spiro atoms. The molecule has 1 aliphatic carbocycles. The van der Waals surface area contributed by atoms with Gasteiger partial charge in [-0.2, -0.15) is 0 Å². The first kappa shape index (κ1) is 16.5. The lowest BCUT2D eigenvalue weighted by atomic mass is 9.95. The Hall–Kier alpha value is -2.33. The van der Waals surface area contributed by atoms with Gasteiger partial charge >= 0.3 is 0 Å². The average Bonchev–Trinajstić information content (AvgIpc) is 2.61. The molecule has 1 fully saturated rings. The molecule has 4 heteroatoms. The molecule has 5 N–H and O–H groups in total. The Balaban J connectivity index is 1.75. The number of pyridine rings is 1. The molecule has 4 nitrogen and oxygen atoms in total. The zero-order valence-corrected chi connectivity index (χ0v) is 14.1. The topological polar surface area (TPSA) is 77.0 Å². The quantitative estimate of drug-likeness (QED) is 0.785. The highest BCUT2D eigenvalue weighted by Crippen LogP contribution is 2.25. The molecule has 3 rings (SSSR count). The second-order valence-electron chi connectivity index (χ2n) is 6.60. The van der Waals surface area contributed by atoms with Crippen LogP contribution >= 0.6 is 0 Å². The van der Waals surface area contributed by atoms with Crippen LogP contribution in [-0.2, 0) is 6.54 Å². The van der Waals surface area contributed by atoms with E-state index < -0.39 is 0 Å². The summed E-state index contributed by atoms with van der Waals surface area (Å²) in [5.74, 6) is 0.418. The van der Waals surface area contributed by atoms with Crippen LogP contribution in [0.25, 0.3) is 16.8 Å². The van der Waals surface area contributed by atoms with Crippen molar-refractivity contribution in [2.24, 2.45) is 5.73 Å². The van der Waals surface area contributed by atoms with E-state index in [1.807, 2.05) is 6.07 Å². The van der Waals surface area contributed by atoms with Crippen LogP contribution in [0.1, 0.15) is 43.2 Å². The van der Waals surface area contributed by atoms with Crippen LogP contribution < -0.4 is 16.8 Å². The van der Waals surface area contributed by atoms with Gasteiger partial charge in [0.1, 0.15) is 5.82 Å². The van der Waals surface area contributed by atoms with Gasteiger partial charge in [0.15, 0.2) is 0 Å². The van der Waals surface area contributed by atoms with Gasteiger partial charge in [0.05, 0.1) is 0 Å². The average molecular weight is 322 g/mol. The van der Waals surface area contributed by atoms with E-state index in [1.54, 1.807) is 6.20 Å². The van der Waals surface area contributed by atoms with Gasteiger partial charge < -0.3 is 16.8 Å². The molecule has 1 aromatic carbocycles. The van der Waals surface area contributed by atoms with E-state index in [0.717, 1.165) is 17.7 Å². The number of aromatic nitrogens is 1. The number of anilines is 1. The van der Waals surface area contributed by atoms with E-state index in [4.69, 9.17) is 11.5 Å². The van der Waals surface area contributed by atoms with Gasteiger partial charge in [-0.1, -0.05) is 44.0 Å². The van der Waals surface area contributed by atoms with Crippen LogP contribution in [0.2, 0.25) is 0 Å². The Morgan fingerprint density at radius 3 is 2.71 bits per heavy atom. The summed E-state index contributed by atoms with van der Waals surface area (Å²) < 4.78 is 0. The SMILES string of the molecule is C=C(N)c1cc(-c2cccc(CNC3CCCCC3)c2)cnc1N. The molecule has 1 heterocycles. The highest BCUT2D eigenvalue weighted by Gasteiger charge is 2.12. The molecule has 0 aliphatic heterocycles. The van der Waals surface area contributed by atoms with Gasteiger partial charge in [-0.25, -0.2) is 4.98 Å². The van der Waals surface area contributed by atoms with Crippen molar-refractivity contribution >= 4 is 11.5 Å². The van der Waals surface area contributed by atoms with Crippen LogP contribution in [0.15, 0.2) is 43.1 Å². The molecule has 24 heavy (non-hydrogen) atoms. The fourth-order valence-electron chi connectivity index (χ4n) is 3.32. The van der Waals surface area contributed by atoms with E-state index in [9.17, 15) is 0 Å². The molecule has 0 amide bonds. The minimum atomic E-state index is 0.418. The summed E-state index contributed by atoms with van der Waals surface area (Å²) in [4.78, 5) is 4.25. The largest absolute Gasteiger partial charge is 0.399 e. The van der Waals surface area contributed by atoms with Crippen molar-refractivity contribution in [3.8, 4) is 11.1 Å². The second-order valence-corrected chi connectivity index (χ2v) is 6.60. The van der Waals surface area contributed by atoms with E-state index in [-0.39, 0.29) is 0 Å². The van der Waals surface area contributed by atoms with Crippen molar-refractivity contribution in [2.75, 3.05) is 5.73 Å². The Morgan fingerprint density at radius 1 is 1.17 bits per heavy atom. The highest BCUT2D eigenvalue weighted by atomic mass is 14.9. The van der Waals surface area contributed by atoms with Crippen molar-refractivity contribution in [2.45, 2.75) is 44.7 Å². The molecule has 1 saturated carbocycles. The van der Waals surface area contributed by atoms with E-state index >= 15 is 0 Å². The maximum atomic E-state index is 5.87. The Morgan fingerprint density at radius 2 is 1.96 bits per heavy atom. The molecular formula is C20H26N4. The van der Waals surface area contributed by atoms with Crippen LogP contribution in [0.4, 0.5) is 5.82 Å². The minimum Gasteiger partial charge on any atom is -0.399 e. The number of rotatable bonds is 5. The number of nitrogens with two attached hydrogens (primary N) is 2. The standard InChI is InChI=1S/C20H26N4/c1-14(21)19-11-17(13-24-20(19)22)16-7-5-6-15(10-16)12-23-18-8-3-2-4-9-18/h5-7,10-11,13,18,23H,1-4,8-9,12,21H2,(H2,22,24). The lowest BCUT2D eigenvalue weighted by molar-refractivity contribution is 0.372. The molecule has 0 saturated heterocycles. The van der Waals surface area contributed by atoms with Gasteiger partial charge in [0.25, 0.3) is 0 Å². The summed E-state index contributed by atoms with van der Waals surface area (Å²) in [6.45, 7) is 4.67. The Bertz CT molecular complexity index is 717. The molecule has 2 aromatic rings. The second kappa shape index (κ2) is 7.49. The summed E-state index contributed by atoms with van der Waals surface area (Å²) in [7, 11) is 0. The maximum absolute atomic E-state index is 5.87. The first-order valence-corrected chi connectivity index (χ1v) is 8.66. The van der Waals surface area contributed by atoms with Gasteiger partial charge in [-0.15, -0.1) is 0 Å². The van der Waals surface area contributed by atoms with Gasteiger partial charge in [-0.05, 0) is 36.1 Å². The van der Waals surface area contributed by atoms with Gasteiger partial charge in [-0.3, -0.25) is 0 Å². The molecule has 1 aromatic heterocycles. The predicted octanol–water partition coefficient (Wildman–Crippen LogP) is 3.68. The summed E-state index contributed by atoms with van der Waals surface area (Å²) in [6, 6.07) is 11.1. The van der Waals surface area contributed by atoms with Crippen LogP contribution in [0.5, 0.6) is 0 Å². The molecule has 0 bridgehead atoms. The Kier molecular flexibility index (Phi) is 5.16. The zero-order valence-electron chi connectivity index (χ0n) is 14.1. The summed E-state index contributed by atoms with van der Waals surface area (Å²) in [6.07, 6.45) is 8.45. The number of hydrogen-bond acceptors (Lipinski definition) is 4. The lowest BCUT2D eigenvalue weighted by Crippen LogP contribution is -2.30. The fourth-order valence-corrected chi connectivity index (χ4v) is 3.32. The van der Waals surface area contributed by atoms with Crippen molar-refractivity contribution in [3.05, 3.63) is 54.2 Å². The van der Waals surface area contributed by atoms with E-state index in [2.05, 4.69) is 41.1 Å². The molecule has 0 unspecified atom stereocenters. The van der Waals surface area contributed by atoms with Crippen LogP contribution in [0.3, 0.4) is 0 Å². The number of hydrogen-bond donors (Lipinski definition) is 3. The maximum Gasteiger partial charge on any atom is 0.132 e. The van der Waals surface area contributed by atoms with Crippen LogP contribution in [0, 0.1) is 0 Å². The van der Waals surface area contributed by atoms with Crippen molar-refractivity contribution in [3.63, 3.8) is 0 Å². The van der Waals surface area contributed by atoms with Crippen molar-refractivity contribution in [1.29, 1.82) is 0 Å². The third kappa shape index (κ3) is 3.95. The first-order valence-electron chi connectivity index (χ1n) is 8.66.